The van der Waals surface area contributed by atoms with Crippen molar-refractivity contribution in [3.63, 3.8) is 0 Å². The van der Waals surface area contributed by atoms with Crippen LogP contribution in [0.5, 0.6) is 0 Å². The lowest BCUT2D eigenvalue weighted by Gasteiger charge is -2.36. The number of carbonyl (C=O) groups is 2. The van der Waals surface area contributed by atoms with Crippen LogP contribution in [0.4, 0.5) is 0 Å². The predicted octanol–water partition coefficient (Wildman–Crippen LogP) is 6.16. The second kappa shape index (κ2) is 8.81. The third-order valence-electron chi connectivity index (χ3n) is 6.35. The normalized spacial score (nSPS) is 13.3. The molecule has 32 heavy (non-hydrogen) atoms. The van der Waals surface area contributed by atoms with E-state index in [1.165, 1.54) is 0 Å². The monoisotopic (exact) mass is 472 g/mol. The van der Waals surface area contributed by atoms with Crippen molar-refractivity contribution in [1.29, 1.82) is 0 Å². The first-order chi connectivity index (χ1) is 14.8. The standard InChI is InChI=1S/C24H29ClN2O4Si/c1-14(23(29)30)16-12-27-18-8-7-17(25)21(20(16)18)22(28)19-11-15(9-10-26-19)13-31-32(5,6)24(2,3)4/h7-12,14,27H,13H2,1-6H3,(H,29,30). The average Bonchev–Trinajstić information content (AvgIpc) is 3.14. The Morgan fingerprint density at radius 3 is 2.56 bits per heavy atom. The fourth-order valence-electron chi connectivity index (χ4n) is 3.22. The Labute approximate surface area is 194 Å². The molecule has 6 nitrogen and oxygen atoms in total. The molecular formula is C24H29ClN2O4Si. The Bertz CT molecular complexity index is 1180. The highest BCUT2D eigenvalue weighted by atomic mass is 35.5. The van der Waals surface area contributed by atoms with E-state index >= 15 is 0 Å². The molecule has 0 aliphatic rings. The smallest absolute Gasteiger partial charge is 0.310 e. The first kappa shape index (κ1) is 24.2. The lowest BCUT2D eigenvalue weighted by Crippen LogP contribution is -2.40. The summed E-state index contributed by atoms with van der Waals surface area (Å²) in [6.07, 6.45) is 3.21. The number of H-pyrrole nitrogens is 1. The molecule has 0 spiro atoms. The Hall–Kier alpha value is -2.48. The Morgan fingerprint density at radius 2 is 1.94 bits per heavy atom. The molecule has 1 aromatic carbocycles. The van der Waals surface area contributed by atoms with Gasteiger partial charge >= 0.3 is 5.97 Å². The van der Waals surface area contributed by atoms with Crippen LogP contribution >= 0.6 is 11.6 Å². The molecule has 2 heterocycles. The van der Waals surface area contributed by atoms with E-state index in [1.54, 1.807) is 37.5 Å². The molecule has 0 bridgehead atoms. The summed E-state index contributed by atoms with van der Waals surface area (Å²) in [4.78, 5) is 32.4. The molecule has 0 radical (unpaired) electrons. The highest BCUT2D eigenvalue weighted by Gasteiger charge is 2.37. The minimum absolute atomic E-state index is 0.0768. The van der Waals surface area contributed by atoms with Crippen LogP contribution in [0.1, 0.15) is 60.8 Å². The van der Waals surface area contributed by atoms with Gasteiger partial charge in [0.25, 0.3) is 0 Å². The molecule has 1 unspecified atom stereocenters. The van der Waals surface area contributed by atoms with Crippen LogP contribution in [0.25, 0.3) is 10.9 Å². The van der Waals surface area contributed by atoms with Crippen molar-refractivity contribution < 1.29 is 19.1 Å². The summed E-state index contributed by atoms with van der Waals surface area (Å²) in [5, 5.41) is 10.3. The van der Waals surface area contributed by atoms with Gasteiger partial charge in [0, 0.05) is 23.3 Å². The minimum Gasteiger partial charge on any atom is -0.481 e. The molecule has 0 aliphatic heterocycles. The van der Waals surface area contributed by atoms with Gasteiger partial charge in [0.1, 0.15) is 5.69 Å². The summed E-state index contributed by atoms with van der Waals surface area (Å²) in [5.41, 5.74) is 2.51. The summed E-state index contributed by atoms with van der Waals surface area (Å²) in [6.45, 7) is 12.9. The second-order valence-electron chi connectivity index (χ2n) is 9.58. The van der Waals surface area contributed by atoms with Crippen molar-refractivity contribution in [3.05, 3.63) is 64.1 Å². The SMILES string of the molecule is CC(C(=O)O)c1c[nH]c2ccc(Cl)c(C(=O)c3cc(CO[Si](C)(C)C(C)(C)C)ccn3)c12. The van der Waals surface area contributed by atoms with Crippen LogP contribution in [0.15, 0.2) is 36.7 Å². The number of aromatic nitrogens is 2. The van der Waals surface area contributed by atoms with Gasteiger partial charge in [-0.25, -0.2) is 0 Å². The zero-order chi connectivity index (χ0) is 23.8. The predicted molar refractivity (Wildman–Crippen MR) is 129 cm³/mol. The van der Waals surface area contributed by atoms with Gasteiger partial charge in [0.05, 0.1) is 23.1 Å². The summed E-state index contributed by atoms with van der Waals surface area (Å²) in [6, 6.07) is 6.93. The zero-order valence-corrected chi connectivity index (χ0v) is 21.0. The number of ketones is 1. The van der Waals surface area contributed by atoms with Gasteiger partial charge in [-0.3, -0.25) is 14.6 Å². The topological polar surface area (TPSA) is 92.3 Å². The number of nitrogens with one attached hydrogen (secondary N) is 1. The van der Waals surface area contributed by atoms with Gasteiger partial charge in [0.15, 0.2) is 8.32 Å². The molecule has 0 amide bonds. The number of halogens is 1. The molecule has 0 saturated carbocycles. The van der Waals surface area contributed by atoms with Crippen molar-refractivity contribution in [2.75, 3.05) is 0 Å². The van der Waals surface area contributed by atoms with Gasteiger partial charge in [-0.1, -0.05) is 32.4 Å². The first-order valence-corrected chi connectivity index (χ1v) is 13.8. The molecule has 3 rings (SSSR count). The minimum atomic E-state index is -1.95. The van der Waals surface area contributed by atoms with Crippen molar-refractivity contribution in [2.24, 2.45) is 0 Å². The van der Waals surface area contributed by atoms with E-state index in [-0.39, 0.29) is 27.1 Å². The van der Waals surface area contributed by atoms with Crippen LogP contribution in [0.3, 0.4) is 0 Å². The van der Waals surface area contributed by atoms with E-state index < -0.39 is 20.2 Å². The van der Waals surface area contributed by atoms with Gasteiger partial charge in [0.2, 0.25) is 5.78 Å². The Morgan fingerprint density at radius 1 is 1.25 bits per heavy atom. The lowest BCUT2D eigenvalue weighted by atomic mass is 9.94. The van der Waals surface area contributed by atoms with Crippen LogP contribution in [-0.4, -0.2) is 35.1 Å². The quantitative estimate of drug-likeness (QED) is 0.317. The van der Waals surface area contributed by atoms with E-state index in [1.807, 2.05) is 6.07 Å². The maximum Gasteiger partial charge on any atom is 0.310 e. The first-order valence-electron chi connectivity index (χ1n) is 10.5. The fourth-order valence-corrected chi connectivity index (χ4v) is 4.42. The maximum atomic E-state index is 13.5. The number of hydrogen-bond donors (Lipinski definition) is 2. The summed E-state index contributed by atoms with van der Waals surface area (Å²) in [5.74, 6) is -2.13. The largest absolute Gasteiger partial charge is 0.481 e. The molecule has 1 atom stereocenters. The summed E-state index contributed by atoms with van der Waals surface area (Å²) >= 11 is 6.44. The zero-order valence-electron chi connectivity index (χ0n) is 19.2. The third-order valence-corrected chi connectivity index (χ3v) is 11.1. The van der Waals surface area contributed by atoms with Crippen molar-refractivity contribution in [2.45, 2.75) is 58.4 Å². The van der Waals surface area contributed by atoms with Gasteiger partial charge in [-0.05, 0) is 60.4 Å². The number of pyridine rings is 1. The van der Waals surface area contributed by atoms with Gasteiger partial charge in [-0.15, -0.1) is 0 Å². The number of carboxylic acids is 1. The molecule has 2 N–H and O–H groups in total. The van der Waals surface area contributed by atoms with E-state index in [0.29, 0.717) is 23.1 Å². The van der Waals surface area contributed by atoms with Crippen LogP contribution in [-0.2, 0) is 15.8 Å². The highest BCUT2D eigenvalue weighted by Crippen LogP contribution is 2.37. The number of aromatic amines is 1. The lowest BCUT2D eigenvalue weighted by molar-refractivity contribution is -0.138. The molecule has 0 aliphatic carbocycles. The molecule has 3 aromatic rings. The molecule has 8 heteroatoms. The maximum absolute atomic E-state index is 13.5. The van der Waals surface area contributed by atoms with Gasteiger partial charge < -0.3 is 14.5 Å². The molecular weight excluding hydrogens is 444 g/mol. The number of aliphatic carboxylic acids is 1. The van der Waals surface area contributed by atoms with Crippen LogP contribution < -0.4 is 0 Å². The average molecular weight is 473 g/mol. The number of benzene rings is 1. The van der Waals surface area contributed by atoms with E-state index in [2.05, 4.69) is 43.8 Å². The molecule has 0 fully saturated rings. The molecule has 2 aromatic heterocycles. The Balaban J connectivity index is 2.00. The number of carbonyl (C=O) groups excluding carboxylic acids is 1. The number of fused-ring (bicyclic) bond motifs is 1. The number of rotatable bonds is 7. The van der Waals surface area contributed by atoms with E-state index in [0.717, 1.165) is 5.56 Å². The van der Waals surface area contributed by atoms with Crippen LogP contribution in [0.2, 0.25) is 23.2 Å². The summed E-state index contributed by atoms with van der Waals surface area (Å²) < 4.78 is 6.28. The number of hydrogen-bond acceptors (Lipinski definition) is 4. The second-order valence-corrected chi connectivity index (χ2v) is 14.8. The highest BCUT2D eigenvalue weighted by molar-refractivity contribution is 6.74. The molecule has 170 valence electrons. The van der Waals surface area contributed by atoms with Gasteiger partial charge in [-0.2, -0.15) is 0 Å². The van der Waals surface area contributed by atoms with E-state index in [9.17, 15) is 14.7 Å². The number of carboxylic acid groups (broad SMARTS) is 1. The van der Waals surface area contributed by atoms with Crippen molar-refractivity contribution in [1.82, 2.24) is 9.97 Å². The Kier molecular flexibility index (Phi) is 6.65. The molecule has 0 saturated heterocycles. The fraction of sp³-hybridized carbons (Fsp3) is 0.375. The van der Waals surface area contributed by atoms with Crippen LogP contribution in [0, 0.1) is 0 Å². The van der Waals surface area contributed by atoms with Crippen molar-refractivity contribution in [3.8, 4) is 0 Å². The van der Waals surface area contributed by atoms with Crippen molar-refractivity contribution >= 4 is 42.6 Å². The third kappa shape index (κ3) is 4.65. The summed E-state index contributed by atoms with van der Waals surface area (Å²) in [7, 11) is -1.95. The number of nitrogens with zero attached hydrogens (tertiary/aromatic N) is 1. The van der Waals surface area contributed by atoms with E-state index in [4.69, 9.17) is 16.0 Å².